The van der Waals surface area contributed by atoms with Crippen LogP contribution in [-0.4, -0.2) is 54.4 Å². The molecule has 9 heteroatoms. The molecule has 6 nitrogen and oxygen atoms in total. The van der Waals surface area contributed by atoms with E-state index >= 15 is 0 Å². The van der Waals surface area contributed by atoms with Gasteiger partial charge in [0.2, 0.25) is 0 Å². The molecule has 116 valence electrons. The second kappa shape index (κ2) is 6.05. The third kappa shape index (κ3) is 3.83. The highest BCUT2D eigenvalue weighted by Crippen LogP contribution is 2.29. The highest BCUT2D eigenvalue weighted by atomic mass is 79.9. The first-order valence-electron chi connectivity index (χ1n) is 6.19. The van der Waals surface area contributed by atoms with Crippen molar-refractivity contribution < 1.29 is 23.1 Å². The first kappa shape index (κ1) is 16.4. The Morgan fingerprint density at radius 2 is 2.19 bits per heavy atom. The lowest BCUT2D eigenvalue weighted by Crippen LogP contribution is -2.43. The normalized spacial score (nSPS) is 20.4. The summed E-state index contributed by atoms with van der Waals surface area (Å²) in [6.07, 6.45) is 0.285. The second-order valence-corrected chi connectivity index (χ2v) is 9.55. The maximum atomic E-state index is 12.5. The van der Waals surface area contributed by atoms with Crippen LogP contribution in [0.2, 0.25) is 0 Å². The van der Waals surface area contributed by atoms with Crippen LogP contribution in [0.3, 0.4) is 0 Å². The Hall–Kier alpha value is -0.930. The topological polar surface area (TPSA) is 91.8 Å². The summed E-state index contributed by atoms with van der Waals surface area (Å²) in [5.74, 6) is -1.76. The molecule has 0 bridgehead atoms. The third-order valence-corrected chi connectivity index (χ3v) is 7.16. The predicted octanol–water partition coefficient (Wildman–Crippen LogP) is 1.53. The molecule has 1 aliphatic rings. The van der Waals surface area contributed by atoms with Crippen LogP contribution < -0.4 is 0 Å². The molecule has 0 spiro atoms. The average molecular weight is 396 g/mol. The quantitative estimate of drug-likeness (QED) is 0.834. The molecular formula is C12H14BrNO5S2. The van der Waals surface area contributed by atoms with Gasteiger partial charge in [-0.1, -0.05) is 0 Å². The molecule has 1 aromatic rings. The maximum Gasteiger partial charge on any atom is 0.323 e. The molecule has 21 heavy (non-hydrogen) atoms. The fourth-order valence-corrected chi connectivity index (χ4v) is 5.46. The fourth-order valence-electron chi connectivity index (χ4n) is 2.24. The van der Waals surface area contributed by atoms with E-state index in [9.17, 15) is 18.0 Å². The Morgan fingerprint density at radius 3 is 2.62 bits per heavy atom. The van der Waals surface area contributed by atoms with Crippen molar-refractivity contribution in [2.75, 3.05) is 18.1 Å². The van der Waals surface area contributed by atoms with E-state index in [1.165, 1.54) is 11.3 Å². The maximum absolute atomic E-state index is 12.5. The van der Waals surface area contributed by atoms with E-state index in [1.807, 2.05) is 6.92 Å². The van der Waals surface area contributed by atoms with Crippen LogP contribution >= 0.6 is 27.3 Å². The molecular weight excluding hydrogens is 382 g/mol. The summed E-state index contributed by atoms with van der Waals surface area (Å²) in [4.78, 5) is 25.1. The molecule has 1 unspecified atom stereocenters. The Labute approximate surface area is 134 Å². The lowest BCUT2D eigenvalue weighted by Gasteiger charge is -2.25. The van der Waals surface area contributed by atoms with Crippen molar-refractivity contribution in [3.8, 4) is 0 Å². The van der Waals surface area contributed by atoms with Crippen LogP contribution in [0.25, 0.3) is 0 Å². The molecule has 1 aromatic heterocycles. The van der Waals surface area contributed by atoms with E-state index in [0.29, 0.717) is 4.88 Å². The van der Waals surface area contributed by atoms with Gasteiger partial charge in [0.1, 0.15) is 6.54 Å². The lowest BCUT2D eigenvalue weighted by atomic mass is 10.2. The summed E-state index contributed by atoms with van der Waals surface area (Å²) in [5.41, 5.74) is 0.887. The Morgan fingerprint density at radius 1 is 1.52 bits per heavy atom. The van der Waals surface area contributed by atoms with Crippen molar-refractivity contribution >= 4 is 49.0 Å². The van der Waals surface area contributed by atoms with E-state index in [-0.39, 0.29) is 17.9 Å². The van der Waals surface area contributed by atoms with Gasteiger partial charge in [-0.2, -0.15) is 0 Å². The first-order valence-corrected chi connectivity index (χ1v) is 9.62. The summed E-state index contributed by atoms with van der Waals surface area (Å²) in [5, 5.41) is 8.98. The summed E-state index contributed by atoms with van der Waals surface area (Å²) >= 11 is 4.54. The molecule has 1 aliphatic heterocycles. The van der Waals surface area contributed by atoms with E-state index in [2.05, 4.69) is 15.9 Å². The number of thiophene rings is 1. The largest absolute Gasteiger partial charge is 0.480 e. The van der Waals surface area contributed by atoms with E-state index in [4.69, 9.17) is 5.11 Å². The number of rotatable bonds is 4. The van der Waals surface area contributed by atoms with E-state index in [1.54, 1.807) is 6.07 Å². The van der Waals surface area contributed by atoms with Crippen LogP contribution in [0.15, 0.2) is 9.85 Å². The van der Waals surface area contributed by atoms with Crippen molar-refractivity contribution in [2.24, 2.45) is 0 Å². The summed E-state index contributed by atoms with van der Waals surface area (Å²) < 4.78 is 23.9. The molecule has 0 saturated carbocycles. The summed E-state index contributed by atoms with van der Waals surface area (Å²) in [7, 11) is -3.19. The number of halogens is 1. The van der Waals surface area contributed by atoms with Crippen molar-refractivity contribution in [3.63, 3.8) is 0 Å². The van der Waals surface area contributed by atoms with E-state index in [0.717, 1.165) is 14.2 Å². The smallest absolute Gasteiger partial charge is 0.323 e. The van der Waals surface area contributed by atoms with Gasteiger partial charge < -0.3 is 10.0 Å². The molecule has 1 amide bonds. The monoisotopic (exact) mass is 395 g/mol. The predicted molar refractivity (Wildman–Crippen MR) is 82.5 cm³/mol. The van der Waals surface area contributed by atoms with Gasteiger partial charge in [0.15, 0.2) is 9.84 Å². The minimum atomic E-state index is -3.19. The zero-order chi connectivity index (χ0) is 15.8. The van der Waals surface area contributed by atoms with Crippen LogP contribution in [0.4, 0.5) is 0 Å². The SMILES string of the molecule is Cc1cc(C(=O)N(CC(=O)O)C2CCS(=O)(=O)C2)sc1Br. The summed E-state index contributed by atoms with van der Waals surface area (Å²) in [6.45, 7) is 1.34. The van der Waals surface area contributed by atoms with Gasteiger partial charge in [-0.25, -0.2) is 8.42 Å². The van der Waals surface area contributed by atoms with Crippen molar-refractivity contribution in [1.29, 1.82) is 0 Å². The molecule has 1 N–H and O–H groups in total. The van der Waals surface area contributed by atoms with Gasteiger partial charge in [0.05, 0.1) is 20.2 Å². The van der Waals surface area contributed by atoms with Gasteiger partial charge in [0, 0.05) is 6.04 Å². The number of carboxylic acids is 1. The standard InChI is InChI=1S/C12H14BrNO5S2/c1-7-4-9(20-11(7)13)12(17)14(5-10(15)16)8-2-3-21(18,19)6-8/h4,8H,2-3,5-6H2,1H3,(H,15,16). The molecule has 1 atom stereocenters. The third-order valence-electron chi connectivity index (χ3n) is 3.28. The molecule has 2 rings (SSSR count). The van der Waals surface area contributed by atoms with Gasteiger partial charge in [-0.3, -0.25) is 9.59 Å². The molecule has 1 saturated heterocycles. The first-order chi connectivity index (χ1) is 9.69. The zero-order valence-electron chi connectivity index (χ0n) is 11.2. The number of nitrogens with zero attached hydrogens (tertiary/aromatic N) is 1. The minimum absolute atomic E-state index is 0.00573. The average Bonchev–Trinajstić information content (AvgIpc) is 2.89. The molecule has 2 heterocycles. The highest BCUT2D eigenvalue weighted by molar-refractivity contribution is 9.11. The highest BCUT2D eigenvalue weighted by Gasteiger charge is 2.36. The number of hydrogen-bond donors (Lipinski definition) is 1. The number of carboxylic acid groups (broad SMARTS) is 1. The number of carbonyl (C=O) groups excluding carboxylic acids is 1. The number of sulfone groups is 1. The number of amides is 1. The second-order valence-electron chi connectivity index (χ2n) is 4.95. The lowest BCUT2D eigenvalue weighted by molar-refractivity contribution is -0.138. The van der Waals surface area contributed by atoms with Gasteiger partial charge in [-0.15, -0.1) is 11.3 Å². The van der Waals surface area contributed by atoms with Crippen molar-refractivity contribution in [1.82, 2.24) is 4.90 Å². The van der Waals surface area contributed by atoms with Crippen LogP contribution in [0.5, 0.6) is 0 Å². The van der Waals surface area contributed by atoms with Crippen LogP contribution in [0, 0.1) is 6.92 Å². The summed E-state index contributed by atoms with van der Waals surface area (Å²) in [6, 6.07) is 1.11. The Kier molecular flexibility index (Phi) is 4.74. The fraction of sp³-hybridized carbons (Fsp3) is 0.500. The van der Waals surface area contributed by atoms with Gasteiger partial charge in [0.25, 0.3) is 5.91 Å². The van der Waals surface area contributed by atoms with Crippen molar-refractivity contribution in [3.05, 3.63) is 20.3 Å². The minimum Gasteiger partial charge on any atom is -0.480 e. The number of aryl methyl sites for hydroxylation is 1. The molecule has 0 aliphatic carbocycles. The van der Waals surface area contributed by atoms with Crippen LogP contribution in [0.1, 0.15) is 21.7 Å². The Bertz CT molecular complexity index is 662. The number of aliphatic carboxylic acids is 1. The number of carbonyl (C=O) groups is 2. The number of hydrogen-bond acceptors (Lipinski definition) is 5. The molecule has 0 aromatic carbocycles. The molecule has 0 radical (unpaired) electrons. The van der Waals surface area contributed by atoms with Crippen molar-refractivity contribution in [2.45, 2.75) is 19.4 Å². The van der Waals surface area contributed by atoms with E-state index < -0.39 is 34.3 Å². The molecule has 1 fully saturated rings. The van der Waals surface area contributed by atoms with Gasteiger partial charge >= 0.3 is 5.97 Å². The van der Waals surface area contributed by atoms with Gasteiger partial charge in [-0.05, 0) is 40.9 Å². The Balaban J connectivity index is 2.27. The van der Waals surface area contributed by atoms with Crippen LogP contribution in [-0.2, 0) is 14.6 Å². The zero-order valence-corrected chi connectivity index (χ0v) is 14.4.